The van der Waals surface area contributed by atoms with Gasteiger partial charge < -0.3 is 9.64 Å². The van der Waals surface area contributed by atoms with E-state index in [-0.39, 0.29) is 18.9 Å². The summed E-state index contributed by atoms with van der Waals surface area (Å²) < 4.78 is 74.6. The number of carbonyl (C=O) groups excluding carboxylic acids is 1. The van der Waals surface area contributed by atoms with E-state index in [0.29, 0.717) is 57.9 Å². The van der Waals surface area contributed by atoms with Gasteiger partial charge in [0.1, 0.15) is 0 Å². The highest BCUT2D eigenvalue weighted by molar-refractivity contribution is 7.89. The molecule has 0 spiro atoms. The first-order valence-electron chi connectivity index (χ1n) is 15.3. The van der Waals surface area contributed by atoms with Crippen LogP contribution in [0.25, 0.3) is 0 Å². The minimum atomic E-state index is -4.67. The molecule has 4 heterocycles. The number of ketones is 1. The number of carbonyl (C=O) groups is 1. The summed E-state index contributed by atoms with van der Waals surface area (Å²) in [6.07, 6.45) is 5.56. The normalized spacial score (nSPS) is 22.8. The third-order valence-corrected chi connectivity index (χ3v) is 11.0. The molecule has 1 aromatic heterocycles. The van der Waals surface area contributed by atoms with Gasteiger partial charge in [-0.15, -0.1) is 0 Å². The van der Waals surface area contributed by atoms with Crippen molar-refractivity contribution in [3.05, 3.63) is 59.9 Å². The van der Waals surface area contributed by atoms with Gasteiger partial charge in [-0.25, -0.2) is 8.42 Å². The van der Waals surface area contributed by atoms with Gasteiger partial charge in [-0.1, -0.05) is 25.0 Å². The number of halogens is 3. The van der Waals surface area contributed by atoms with Crippen molar-refractivity contribution in [1.82, 2.24) is 19.1 Å². The molecular weight excluding hydrogens is 581 g/mol. The number of aromatic nitrogens is 1. The van der Waals surface area contributed by atoms with Crippen LogP contribution in [0.5, 0.6) is 0 Å². The van der Waals surface area contributed by atoms with Gasteiger partial charge >= 0.3 is 6.18 Å². The van der Waals surface area contributed by atoms with Gasteiger partial charge in [0, 0.05) is 44.1 Å². The lowest BCUT2D eigenvalue weighted by Crippen LogP contribution is -2.52. The van der Waals surface area contributed by atoms with Crippen molar-refractivity contribution >= 4 is 15.8 Å². The van der Waals surface area contributed by atoms with Crippen molar-refractivity contribution in [1.29, 1.82) is 0 Å². The number of hydrogen-bond donors (Lipinski definition) is 0. The van der Waals surface area contributed by atoms with Gasteiger partial charge in [-0.05, 0) is 75.9 Å². The third-order valence-electron chi connectivity index (χ3n) is 9.06. The Labute approximate surface area is 252 Å². The van der Waals surface area contributed by atoms with E-state index in [1.165, 1.54) is 19.3 Å². The molecule has 3 fully saturated rings. The maximum Gasteiger partial charge on any atom is 0.416 e. The molecule has 236 valence electrons. The predicted molar refractivity (Wildman–Crippen MR) is 156 cm³/mol. The second-order valence-corrected chi connectivity index (χ2v) is 13.8. The quantitative estimate of drug-likeness (QED) is 0.380. The van der Waals surface area contributed by atoms with Gasteiger partial charge in [0.05, 0.1) is 35.3 Å². The van der Waals surface area contributed by atoms with E-state index in [2.05, 4.69) is 9.88 Å². The van der Waals surface area contributed by atoms with E-state index in [1.807, 2.05) is 23.2 Å². The molecular formula is C31H41F3N4O4S. The van der Waals surface area contributed by atoms with Crippen molar-refractivity contribution in [3.63, 3.8) is 0 Å². The van der Waals surface area contributed by atoms with E-state index >= 15 is 0 Å². The maximum absolute atomic E-state index is 13.6. The number of nitrogens with zero attached hydrogens (tertiary/aromatic N) is 4. The number of rotatable bonds is 10. The average molecular weight is 623 g/mol. The zero-order valence-electron chi connectivity index (χ0n) is 24.5. The molecule has 0 bridgehead atoms. The summed E-state index contributed by atoms with van der Waals surface area (Å²) in [6.45, 7) is 5.05. The van der Waals surface area contributed by atoms with Crippen molar-refractivity contribution in [2.45, 2.75) is 74.1 Å². The number of alkyl halides is 3. The number of piperidine rings is 3. The SMILES string of the molecule is O=C(CN1CCC(OCCN2CCCCC2)(c2cccnc2)CC1)C1CCCCN1S(=O)(=O)c1cccc(C(F)(F)F)c1. The number of Topliss-reactive ketones (excluding diaryl/α,β-unsaturated/α-hetero) is 1. The molecule has 0 radical (unpaired) electrons. The van der Waals surface area contributed by atoms with Crippen LogP contribution in [0.1, 0.15) is 62.5 Å². The second-order valence-electron chi connectivity index (χ2n) is 11.9. The molecule has 0 aliphatic carbocycles. The molecule has 43 heavy (non-hydrogen) atoms. The summed E-state index contributed by atoms with van der Waals surface area (Å²) >= 11 is 0. The second kappa shape index (κ2) is 13.7. The molecule has 12 heteroatoms. The molecule has 0 amide bonds. The number of likely N-dealkylation sites (tertiary alicyclic amines) is 2. The minimum absolute atomic E-state index is 0.0795. The Hall–Kier alpha value is -2.38. The van der Waals surface area contributed by atoms with Crippen LogP contribution in [0.15, 0.2) is 53.7 Å². The molecule has 8 nitrogen and oxygen atoms in total. The average Bonchev–Trinajstić information content (AvgIpc) is 3.02. The van der Waals surface area contributed by atoms with Gasteiger partial charge in [-0.2, -0.15) is 17.5 Å². The van der Waals surface area contributed by atoms with Crippen LogP contribution < -0.4 is 0 Å². The summed E-state index contributed by atoms with van der Waals surface area (Å²) in [7, 11) is -4.29. The van der Waals surface area contributed by atoms with E-state index in [1.54, 1.807) is 6.20 Å². The Balaban J connectivity index is 1.24. The standard InChI is InChI=1S/C31H41F3N4O4S/c32-31(33,34)25-8-6-10-27(22-25)43(40,41)38-17-5-2-11-28(38)29(39)24-37-18-12-30(13-19-37,26-9-7-14-35-23-26)42-21-20-36-15-3-1-4-16-36/h6-10,14,22-23,28H,1-5,11-13,15-21,24H2. The fourth-order valence-corrected chi connectivity index (χ4v) is 8.31. The largest absolute Gasteiger partial charge is 0.416 e. The molecule has 3 saturated heterocycles. The fourth-order valence-electron chi connectivity index (χ4n) is 6.58. The Morgan fingerprint density at radius 3 is 2.40 bits per heavy atom. The van der Waals surface area contributed by atoms with Crippen LogP contribution >= 0.6 is 0 Å². The Bertz CT molecular complexity index is 1330. The fraction of sp³-hybridized carbons (Fsp3) is 0.613. The highest BCUT2D eigenvalue weighted by Gasteiger charge is 2.42. The Morgan fingerprint density at radius 2 is 1.70 bits per heavy atom. The molecule has 3 aliphatic rings. The summed E-state index contributed by atoms with van der Waals surface area (Å²) in [4.78, 5) is 21.9. The highest BCUT2D eigenvalue weighted by Crippen LogP contribution is 2.37. The zero-order valence-corrected chi connectivity index (χ0v) is 25.3. The van der Waals surface area contributed by atoms with E-state index < -0.39 is 38.3 Å². The molecule has 0 N–H and O–H groups in total. The first-order chi connectivity index (χ1) is 20.6. The van der Waals surface area contributed by atoms with Gasteiger partial charge in [-0.3, -0.25) is 14.7 Å². The van der Waals surface area contributed by atoms with Gasteiger partial charge in [0.25, 0.3) is 0 Å². The van der Waals surface area contributed by atoms with Crippen molar-refractivity contribution in [2.75, 3.05) is 52.4 Å². The first-order valence-corrected chi connectivity index (χ1v) is 16.7. The van der Waals surface area contributed by atoms with Crippen LogP contribution in [-0.4, -0.2) is 91.8 Å². The molecule has 2 aromatic rings. The Morgan fingerprint density at radius 1 is 0.953 bits per heavy atom. The summed E-state index contributed by atoms with van der Waals surface area (Å²) in [5, 5.41) is 0. The van der Waals surface area contributed by atoms with Crippen LogP contribution in [0.2, 0.25) is 0 Å². The number of pyridine rings is 1. The molecule has 1 unspecified atom stereocenters. The topological polar surface area (TPSA) is 83.1 Å². The number of sulfonamides is 1. The number of hydrogen-bond acceptors (Lipinski definition) is 7. The predicted octanol–water partition coefficient (Wildman–Crippen LogP) is 4.71. The van der Waals surface area contributed by atoms with Crippen molar-refractivity contribution in [3.8, 4) is 0 Å². The van der Waals surface area contributed by atoms with Crippen LogP contribution in [0.3, 0.4) is 0 Å². The van der Waals surface area contributed by atoms with Crippen molar-refractivity contribution < 1.29 is 31.1 Å². The Kier molecular flexibility index (Phi) is 10.2. The smallest absolute Gasteiger partial charge is 0.369 e. The summed E-state index contributed by atoms with van der Waals surface area (Å²) in [5.41, 5.74) is -0.518. The number of ether oxygens (including phenoxy) is 1. The van der Waals surface area contributed by atoms with Crippen LogP contribution in [0.4, 0.5) is 13.2 Å². The lowest BCUT2D eigenvalue weighted by atomic mass is 9.84. The molecule has 3 aliphatic heterocycles. The monoisotopic (exact) mass is 622 g/mol. The molecule has 1 atom stereocenters. The highest BCUT2D eigenvalue weighted by atomic mass is 32.2. The molecule has 5 rings (SSSR count). The third kappa shape index (κ3) is 7.65. The van der Waals surface area contributed by atoms with Crippen molar-refractivity contribution in [2.24, 2.45) is 0 Å². The lowest BCUT2D eigenvalue weighted by Gasteiger charge is -2.43. The van der Waals surface area contributed by atoms with Gasteiger partial charge in [0.15, 0.2) is 5.78 Å². The maximum atomic E-state index is 13.6. The van der Waals surface area contributed by atoms with Crippen LogP contribution in [-0.2, 0) is 31.3 Å². The summed E-state index contributed by atoms with van der Waals surface area (Å²) in [5.74, 6) is -0.227. The van der Waals surface area contributed by atoms with E-state index in [9.17, 15) is 26.4 Å². The lowest BCUT2D eigenvalue weighted by molar-refractivity contribution is -0.137. The molecule has 1 aromatic carbocycles. The number of benzene rings is 1. The van der Waals surface area contributed by atoms with E-state index in [0.717, 1.165) is 47.7 Å². The van der Waals surface area contributed by atoms with E-state index in [4.69, 9.17) is 4.74 Å². The molecule has 0 saturated carbocycles. The minimum Gasteiger partial charge on any atom is -0.369 e. The summed E-state index contributed by atoms with van der Waals surface area (Å²) in [6, 6.07) is 6.79. The first kappa shape index (κ1) is 32.0. The van der Waals surface area contributed by atoms with Gasteiger partial charge in [0.2, 0.25) is 10.0 Å². The van der Waals surface area contributed by atoms with Crippen LogP contribution in [0, 0.1) is 0 Å². The zero-order chi connectivity index (χ0) is 30.5.